The highest BCUT2D eigenvalue weighted by Gasteiger charge is 2.17. The quantitative estimate of drug-likeness (QED) is 0.751. The molecule has 0 heterocycles. The second kappa shape index (κ2) is 6.81. The molecule has 20 heavy (non-hydrogen) atoms. The van der Waals surface area contributed by atoms with Crippen molar-refractivity contribution in [2.24, 2.45) is 0 Å². The van der Waals surface area contributed by atoms with Gasteiger partial charge in [-0.3, -0.25) is 4.79 Å². The summed E-state index contributed by atoms with van der Waals surface area (Å²) in [7, 11) is 0. The predicted octanol–water partition coefficient (Wildman–Crippen LogP) is 2.60. The Morgan fingerprint density at radius 2 is 2.10 bits per heavy atom. The van der Waals surface area contributed by atoms with E-state index in [0.29, 0.717) is 12.1 Å². The molecule has 3 N–H and O–H groups in total. The topological polar surface area (TPSA) is 61.4 Å². The number of halogens is 1. The van der Waals surface area contributed by atoms with Gasteiger partial charge in [0.1, 0.15) is 5.82 Å². The Hall–Kier alpha value is -1.46. The maximum atomic E-state index is 13.8. The second-order valence-electron chi connectivity index (χ2n) is 5.55. The molecule has 0 aliphatic rings. The average Bonchev–Trinajstić information content (AvgIpc) is 2.38. The van der Waals surface area contributed by atoms with Gasteiger partial charge < -0.3 is 15.7 Å². The van der Waals surface area contributed by atoms with E-state index in [4.69, 9.17) is 0 Å². The summed E-state index contributed by atoms with van der Waals surface area (Å²) >= 11 is 0. The van der Waals surface area contributed by atoms with Crippen LogP contribution in [0.1, 0.15) is 45.8 Å². The predicted molar refractivity (Wildman–Crippen MR) is 78.0 cm³/mol. The number of amides is 1. The minimum Gasteiger partial charge on any atom is -0.387 e. The molecule has 0 saturated carbocycles. The third kappa shape index (κ3) is 4.90. The molecule has 1 rings (SSSR count). The van der Waals surface area contributed by atoms with Crippen molar-refractivity contribution in [2.45, 2.75) is 45.8 Å². The van der Waals surface area contributed by atoms with E-state index in [1.54, 1.807) is 6.07 Å². The largest absolute Gasteiger partial charge is 0.387 e. The van der Waals surface area contributed by atoms with Gasteiger partial charge >= 0.3 is 0 Å². The van der Waals surface area contributed by atoms with Gasteiger partial charge in [-0.25, -0.2) is 4.39 Å². The second-order valence-corrected chi connectivity index (χ2v) is 5.55. The van der Waals surface area contributed by atoms with Crippen LogP contribution in [0.15, 0.2) is 18.2 Å². The highest BCUT2D eigenvalue weighted by molar-refractivity contribution is 5.88. The number of carbonyl (C=O) groups is 1. The monoisotopic (exact) mass is 282 g/mol. The number of nitrogens with one attached hydrogen (secondary N) is 2. The first-order valence-electron chi connectivity index (χ1n) is 6.75. The molecule has 5 heteroatoms. The van der Waals surface area contributed by atoms with Gasteiger partial charge in [-0.15, -0.1) is 0 Å². The lowest BCUT2D eigenvalue weighted by Crippen LogP contribution is -2.40. The Morgan fingerprint density at radius 3 is 2.60 bits per heavy atom. The molecule has 112 valence electrons. The van der Waals surface area contributed by atoms with Gasteiger partial charge in [-0.2, -0.15) is 0 Å². The van der Waals surface area contributed by atoms with Crippen molar-refractivity contribution in [3.8, 4) is 0 Å². The van der Waals surface area contributed by atoms with Gasteiger partial charge in [0.2, 0.25) is 5.91 Å². The van der Waals surface area contributed by atoms with E-state index in [-0.39, 0.29) is 17.1 Å². The van der Waals surface area contributed by atoms with Gasteiger partial charge in [-0.1, -0.05) is 13.0 Å². The first-order chi connectivity index (χ1) is 9.25. The highest BCUT2D eigenvalue weighted by Crippen LogP contribution is 2.21. The minimum atomic E-state index is -0.790. The molecule has 0 saturated heterocycles. The van der Waals surface area contributed by atoms with E-state index < -0.39 is 11.9 Å². The van der Waals surface area contributed by atoms with Crippen LogP contribution in [-0.4, -0.2) is 23.1 Å². The Bertz CT molecular complexity index is 475. The molecule has 0 radical (unpaired) electrons. The van der Waals surface area contributed by atoms with E-state index in [2.05, 4.69) is 17.6 Å². The van der Waals surface area contributed by atoms with Crippen molar-refractivity contribution < 1.29 is 14.3 Å². The normalized spacial score (nSPS) is 13.1. The Labute approximate surface area is 119 Å². The summed E-state index contributed by atoms with van der Waals surface area (Å²) in [5.74, 6) is -0.880. The molecule has 1 aromatic carbocycles. The first-order valence-corrected chi connectivity index (χ1v) is 6.75. The number of anilines is 1. The van der Waals surface area contributed by atoms with E-state index in [0.717, 1.165) is 6.42 Å². The number of carbonyl (C=O) groups excluding carboxylic acids is 1. The maximum absolute atomic E-state index is 13.8. The fourth-order valence-electron chi connectivity index (χ4n) is 1.65. The molecule has 1 atom stereocenters. The van der Waals surface area contributed by atoms with Crippen molar-refractivity contribution in [3.05, 3.63) is 29.6 Å². The zero-order valence-electron chi connectivity index (χ0n) is 12.5. The molecule has 0 bridgehead atoms. The molecule has 1 aromatic rings. The lowest BCUT2D eigenvalue weighted by atomic mass is 10.0. The fourth-order valence-corrected chi connectivity index (χ4v) is 1.65. The van der Waals surface area contributed by atoms with E-state index in [1.165, 1.54) is 19.1 Å². The number of β-amino-alcohol motifs (C(OH)–C–C–N with tert-alkyl or cyclic N) is 1. The SMILES string of the molecule is CCC(C)(C)NCC(O)c1ccc(NC(C)=O)c(F)c1. The van der Waals surface area contributed by atoms with Crippen molar-refractivity contribution in [2.75, 3.05) is 11.9 Å². The highest BCUT2D eigenvalue weighted by atomic mass is 19.1. The summed E-state index contributed by atoms with van der Waals surface area (Å²) in [5, 5.41) is 15.7. The van der Waals surface area contributed by atoms with Gasteiger partial charge in [0.25, 0.3) is 0 Å². The van der Waals surface area contributed by atoms with E-state index >= 15 is 0 Å². The van der Waals surface area contributed by atoms with Gasteiger partial charge in [0.15, 0.2) is 0 Å². The van der Waals surface area contributed by atoms with Crippen LogP contribution >= 0.6 is 0 Å². The summed E-state index contributed by atoms with van der Waals surface area (Å²) in [6.07, 6.45) is 0.136. The molecule has 4 nitrogen and oxygen atoms in total. The van der Waals surface area contributed by atoms with Gasteiger partial charge in [-0.05, 0) is 38.0 Å². The van der Waals surface area contributed by atoms with Crippen LogP contribution in [0.2, 0.25) is 0 Å². The zero-order chi connectivity index (χ0) is 15.3. The molecular formula is C15H23FN2O2. The van der Waals surface area contributed by atoms with E-state index in [1.807, 2.05) is 13.8 Å². The standard InChI is InChI=1S/C15H23FN2O2/c1-5-15(3,4)17-9-14(20)11-6-7-13(12(16)8-11)18-10(2)19/h6-8,14,17,20H,5,9H2,1-4H3,(H,18,19). The molecular weight excluding hydrogens is 259 g/mol. The molecule has 1 amide bonds. The Kier molecular flexibility index (Phi) is 5.65. The number of aliphatic hydroxyl groups is 1. The Balaban J connectivity index is 2.72. The summed E-state index contributed by atoms with van der Waals surface area (Å²) in [5.41, 5.74) is 0.529. The van der Waals surface area contributed by atoms with Crippen LogP contribution in [-0.2, 0) is 4.79 Å². The van der Waals surface area contributed by atoms with Crippen LogP contribution < -0.4 is 10.6 Å². The number of hydrogen-bond donors (Lipinski definition) is 3. The first kappa shape index (κ1) is 16.6. The number of hydrogen-bond acceptors (Lipinski definition) is 3. The third-order valence-electron chi connectivity index (χ3n) is 3.35. The Morgan fingerprint density at radius 1 is 1.45 bits per heavy atom. The summed E-state index contributed by atoms with van der Waals surface area (Å²) < 4.78 is 13.8. The van der Waals surface area contributed by atoms with Crippen LogP contribution in [0, 0.1) is 5.82 Å². The lowest BCUT2D eigenvalue weighted by Gasteiger charge is -2.26. The fraction of sp³-hybridized carbons (Fsp3) is 0.533. The van der Waals surface area contributed by atoms with Crippen molar-refractivity contribution >= 4 is 11.6 Å². The molecule has 0 aliphatic carbocycles. The summed E-state index contributed by atoms with van der Waals surface area (Å²) in [4.78, 5) is 10.9. The molecule has 0 aliphatic heterocycles. The van der Waals surface area contributed by atoms with Crippen LogP contribution in [0.25, 0.3) is 0 Å². The van der Waals surface area contributed by atoms with Crippen LogP contribution in [0.3, 0.4) is 0 Å². The van der Waals surface area contributed by atoms with Crippen molar-refractivity contribution in [1.82, 2.24) is 5.32 Å². The molecule has 0 spiro atoms. The minimum absolute atomic E-state index is 0.0738. The summed E-state index contributed by atoms with van der Waals surface area (Å²) in [6, 6.07) is 4.32. The van der Waals surface area contributed by atoms with Gasteiger partial charge in [0.05, 0.1) is 11.8 Å². The lowest BCUT2D eigenvalue weighted by molar-refractivity contribution is -0.114. The maximum Gasteiger partial charge on any atom is 0.221 e. The van der Waals surface area contributed by atoms with Crippen LogP contribution in [0.4, 0.5) is 10.1 Å². The van der Waals surface area contributed by atoms with E-state index in [9.17, 15) is 14.3 Å². The van der Waals surface area contributed by atoms with Gasteiger partial charge in [0, 0.05) is 19.0 Å². The smallest absolute Gasteiger partial charge is 0.221 e. The number of rotatable bonds is 6. The zero-order valence-corrected chi connectivity index (χ0v) is 12.5. The van der Waals surface area contributed by atoms with Crippen molar-refractivity contribution in [1.29, 1.82) is 0 Å². The average molecular weight is 282 g/mol. The number of aliphatic hydroxyl groups excluding tert-OH is 1. The third-order valence-corrected chi connectivity index (χ3v) is 3.35. The van der Waals surface area contributed by atoms with Crippen LogP contribution in [0.5, 0.6) is 0 Å². The van der Waals surface area contributed by atoms with Crippen molar-refractivity contribution in [3.63, 3.8) is 0 Å². The molecule has 1 unspecified atom stereocenters. The molecule has 0 aromatic heterocycles. The molecule has 0 fully saturated rings. The number of benzene rings is 1. The summed E-state index contributed by atoms with van der Waals surface area (Å²) in [6.45, 7) is 7.81.